The van der Waals surface area contributed by atoms with Crippen LogP contribution in [0.4, 0.5) is 13.2 Å². The van der Waals surface area contributed by atoms with E-state index < -0.39 is 36.0 Å². The second kappa shape index (κ2) is 6.82. The van der Waals surface area contributed by atoms with Crippen LogP contribution in [-0.2, 0) is 11.2 Å². The molecule has 124 valence electrons. The molecule has 0 spiro atoms. The van der Waals surface area contributed by atoms with Gasteiger partial charge in [-0.3, -0.25) is 4.79 Å². The zero-order valence-electron chi connectivity index (χ0n) is 12.5. The first kappa shape index (κ1) is 17.0. The molecule has 5 nitrogen and oxygen atoms in total. The van der Waals surface area contributed by atoms with Gasteiger partial charge in [-0.15, -0.1) is 0 Å². The molecule has 0 aliphatic carbocycles. The van der Waals surface area contributed by atoms with Crippen molar-refractivity contribution in [3.05, 3.63) is 52.2 Å². The van der Waals surface area contributed by atoms with E-state index in [9.17, 15) is 23.1 Å². The van der Waals surface area contributed by atoms with Gasteiger partial charge in [-0.2, -0.15) is 0 Å². The fourth-order valence-corrected chi connectivity index (χ4v) is 2.17. The molecule has 0 saturated carbocycles. The fourth-order valence-electron chi connectivity index (χ4n) is 2.17. The Hall–Kier alpha value is -2.35. The molecule has 1 amide bonds. The number of halogens is 3. The Morgan fingerprint density at radius 3 is 2.39 bits per heavy atom. The summed E-state index contributed by atoms with van der Waals surface area (Å²) in [6, 6.07) is 0.401. The summed E-state index contributed by atoms with van der Waals surface area (Å²) < 4.78 is 44.4. The molecule has 1 aromatic heterocycles. The minimum atomic E-state index is -1.60. The summed E-state index contributed by atoms with van der Waals surface area (Å²) in [5.74, 6) is -4.40. The third-order valence-electron chi connectivity index (χ3n) is 3.44. The van der Waals surface area contributed by atoms with E-state index >= 15 is 0 Å². The highest BCUT2D eigenvalue weighted by Gasteiger charge is 2.20. The van der Waals surface area contributed by atoms with Crippen LogP contribution < -0.4 is 5.32 Å². The first-order valence-corrected chi connectivity index (χ1v) is 6.80. The number of aryl methyl sites for hydroxylation is 2. The van der Waals surface area contributed by atoms with E-state index in [1.807, 2.05) is 0 Å². The summed E-state index contributed by atoms with van der Waals surface area (Å²) in [7, 11) is 0. The first-order chi connectivity index (χ1) is 10.8. The number of amides is 1. The van der Waals surface area contributed by atoms with Crippen molar-refractivity contribution >= 4 is 5.91 Å². The van der Waals surface area contributed by atoms with Gasteiger partial charge >= 0.3 is 0 Å². The van der Waals surface area contributed by atoms with E-state index in [1.54, 1.807) is 13.8 Å². The number of hydrogen-bond acceptors (Lipinski definition) is 4. The number of carbonyl (C=O) groups excluding carboxylic acids is 1. The lowest BCUT2D eigenvalue weighted by atomic mass is 10.1. The van der Waals surface area contributed by atoms with Crippen LogP contribution in [0.5, 0.6) is 0 Å². The normalized spacial score (nSPS) is 12.3. The number of carbonyl (C=O) groups is 1. The standard InChI is InChI=1S/C15H15F3N2O3/c1-7-10(8(2)23-20-7)5-14(22)19-13(6-21)9-3-11(16)15(18)12(17)4-9/h3-4,13,21H,5-6H2,1-2H3,(H,19,22). The zero-order chi connectivity index (χ0) is 17.1. The molecule has 2 N–H and O–H groups in total. The predicted octanol–water partition coefficient (Wildman–Crippen LogP) is 2.10. The second-order valence-electron chi connectivity index (χ2n) is 5.08. The van der Waals surface area contributed by atoms with Crippen molar-refractivity contribution in [2.24, 2.45) is 0 Å². The summed E-state index contributed by atoms with van der Waals surface area (Å²) in [6.45, 7) is 2.72. The SMILES string of the molecule is Cc1noc(C)c1CC(=O)NC(CO)c1cc(F)c(F)c(F)c1. The van der Waals surface area contributed by atoms with Gasteiger partial charge in [0.2, 0.25) is 5.91 Å². The summed E-state index contributed by atoms with van der Waals surface area (Å²) in [6.07, 6.45) is -0.0656. The van der Waals surface area contributed by atoms with Crippen LogP contribution >= 0.6 is 0 Å². The number of aromatic nitrogens is 1. The molecule has 1 heterocycles. The monoisotopic (exact) mass is 328 g/mol. The van der Waals surface area contributed by atoms with Gasteiger partial charge in [-0.25, -0.2) is 13.2 Å². The maximum absolute atomic E-state index is 13.3. The zero-order valence-corrected chi connectivity index (χ0v) is 12.5. The number of rotatable bonds is 5. The van der Waals surface area contributed by atoms with Gasteiger partial charge in [-0.05, 0) is 31.5 Å². The van der Waals surface area contributed by atoms with Crippen LogP contribution in [0.15, 0.2) is 16.7 Å². The molecule has 8 heteroatoms. The quantitative estimate of drug-likeness (QED) is 0.824. The van der Waals surface area contributed by atoms with E-state index in [-0.39, 0.29) is 12.0 Å². The first-order valence-electron chi connectivity index (χ1n) is 6.80. The van der Waals surface area contributed by atoms with Crippen molar-refractivity contribution in [1.82, 2.24) is 10.5 Å². The van der Waals surface area contributed by atoms with E-state index in [1.165, 1.54) is 0 Å². The average molecular weight is 328 g/mol. The Morgan fingerprint density at radius 2 is 1.91 bits per heavy atom. The van der Waals surface area contributed by atoms with Crippen LogP contribution in [0.1, 0.15) is 28.6 Å². The molecule has 0 radical (unpaired) electrons. The largest absolute Gasteiger partial charge is 0.394 e. The Balaban J connectivity index is 2.15. The number of nitrogens with zero attached hydrogens (tertiary/aromatic N) is 1. The predicted molar refractivity (Wildman–Crippen MR) is 74.0 cm³/mol. The number of aliphatic hydroxyl groups excluding tert-OH is 1. The van der Waals surface area contributed by atoms with Crippen molar-refractivity contribution in [2.45, 2.75) is 26.3 Å². The Morgan fingerprint density at radius 1 is 1.30 bits per heavy atom. The molecule has 0 aliphatic heterocycles. The van der Waals surface area contributed by atoms with Gasteiger partial charge < -0.3 is 14.9 Å². The van der Waals surface area contributed by atoms with E-state index in [4.69, 9.17) is 4.52 Å². The summed E-state index contributed by atoms with van der Waals surface area (Å²) >= 11 is 0. The highest BCUT2D eigenvalue weighted by Crippen LogP contribution is 2.20. The topological polar surface area (TPSA) is 75.4 Å². The highest BCUT2D eigenvalue weighted by atomic mass is 19.2. The average Bonchev–Trinajstić information content (AvgIpc) is 2.81. The van der Waals surface area contributed by atoms with Gasteiger partial charge in [0.1, 0.15) is 5.76 Å². The number of nitrogens with one attached hydrogen (secondary N) is 1. The number of hydrogen-bond donors (Lipinski definition) is 2. The van der Waals surface area contributed by atoms with Crippen molar-refractivity contribution in [3.8, 4) is 0 Å². The van der Waals surface area contributed by atoms with E-state index in [2.05, 4.69) is 10.5 Å². The smallest absolute Gasteiger partial charge is 0.225 e. The number of benzene rings is 1. The maximum atomic E-state index is 13.3. The van der Waals surface area contributed by atoms with Crippen LogP contribution in [0.3, 0.4) is 0 Å². The van der Waals surface area contributed by atoms with Crippen molar-refractivity contribution in [1.29, 1.82) is 0 Å². The lowest BCUT2D eigenvalue weighted by molar-refractivity contribution is -0.121. The molecule has 0 bridgehead atoms. The third kappa shape index (κ3) is 3.70. The minimum absolute atomic E-state index is 0.0656. The molecule has 2 aromatic rings. The molecular formula is C15H15F3N2O3. The summed E-state index contributed by atoms with van der Waals surface area (Å²) in [5.41, 5.74) is 1.07. The van der Waals surface area contributed by atoms with E-state index in [0.717, 1.165) is 12.1 Å². The van der Waals surface area contributed by atoms with Crippen molar-refractivity contribution < 1.29 is 27.6 Å². The molecule has 2 rings (SSSR count). The Labute approximate surface area is 130 Å². The molecule has 1 aromatic carbocycles. The Bertz CT molecular complexity index is 688. The molecule has 0 saturated heterocycles. The molecule has 1 atom stereocenters. The van der Waals surface area contributed by atoms with Gasteiger partial charge in [-0.1, -0.05) is 5.16 Å². The molecule has 0 fully saturated rings. The lowest BCUT2D eigenvalue weighted by Crippen LogP contribution is -2.32. The minimum Gasteiger partial charge on any atom is -0.394 e. The fraction of sp³-hybridized carbons (Fsp3) is 0.333. The highest BCUT2D eigenvalue weighted by molar-refractivity contribution is 5.79. The molecule has 23 heavy (non-hydrogen) atoms. The van der Waals surface area contributed by atoms with Gasteiger partial charge in [0.15, 0.2) is 17.5 Å². The van der Waals surface area contributed by atoms with Gasteiger partial charge in [0.25, 0.3) is 0 Å². The van der Waals surface area contributed by atoms with Gasteiger partial charge in [0, 0.05) is 5.56 Å². The van der Waals surface area contributed by atoms with Crippen LogP contribution in [-0.4, -0.2) is 22.8 Å². The summed E-state index contributed by atoms with van der Waals surface area (Å²) in [5, 5.41) is 15.5. The van der Waals surface area contributed by atoms with Crippen LogP contribution in [0, 0.1) is 31.3 Å². The van der Waals surface area contributed by atoms with Crippen LogP contribution in [0.2, 0.25) is 0 Å². The van der Waals surface area contributed by atoms with E-state index in [0.29, 0.717) is 17.0 Å². The Kier molecular flexibility index (Phi) is 5.05. The molecule has 0 aliphatic rings. The molecular weight excluding hydrogens is 313 g/mol. The lowest BCUT2D eigenvalue weighted by Gasteiger charge is -2.17. The van der Waals surface area contributed by atoms with Crippen molar-refractivity contribution in [2.75, 3.05) is 6.61 Å². The van der Waals surface area contributed by atoms with Crippen LogP contribution in [0.25, 0.3) is 0 Å². The third-order valence-corrected chi connectivity index (χ3v) is 3.44. The van der Waals surface area contributed by atoms with Gasteiger partial charge in [0.05, 0.1) is 24.8 Å². The summed E-state index contributed by atoms with van der Waals surface area (Å²) in [4.78, 5) is 12.0. The maximum Gasteiger partial charge on any atom is 0.225 e. The van der Waals surface area contributed by atoms with Crippen molar-refractivity contribution in [3.63, 3.8) is 0 Å². The second-order valence-corrected chi connectivity index (χ2v) is 5.08. The number of aliphatic hydroxyl groups is 1. The molecule has 1 unspecified atom stereocenters.